The van der Waals surface area contributed by atoms with Crippen LogP contribution >= 0.6 is 13.4 Å². The van der Waals surface area contributed by atoms with E-state index in [0.29, 0.717) is 16.9 Å². The molecular formula is C21H24FN9O9P2S2. The lowest BCUT2D eigenvalue weighted by Crippen LogP contribution is -2.32. The molecule has 3 fully saturated rings. The van der Waals surface area contributed by atoms with Crippen molar-refractivity contribution in [2.45, 2.75) is 49.5 Å². The van der Waals surface area contributed by atoms with Gasteiger partial charge in [-0.2, -0.15) is 4.98 Å². The van der Waals surface area contributed by atoms with Crippen LogP contribution in [0.3, 0.4) is 0 Å². The highest BCUT2D eigenvalue weighted by molar-refractivity contribution is 8.07. The second-order valence-electron chi connectivity index (χ2n) is 10.1. The van der Waals surface area contributed by atoms with Crippen LogP contribution in [0, 0.1) is 0 Å². The fourth-order valence-corrected chi connectivity index (χ4v) is 8.19. The van der Waals surface area contributed by atoms with Gasteiger partial charge >= 0.3 is 13.4 Å². The van der Waals surface area contributed by atoms with Crippen LogP contribution in [0.5, 0.6) is 0 Å². The number of pyridine rings is 1. The van der Waals surface area contributed by atoms with Gasteiger partial charge in [-0.15, -0.1) is 0 Å². The molecule has 3 aliphatic rings. The zero-order chi connectivity index (χ0) is 31.0. The van der Waals surface area contributed by atoms with E-state index in [1.165, 1.54) is 23.4 Å². The average Bonchev–Trinajstić information content (AvgIpc) is 3.72. The third-order valence-corrected chi connectivity index (χ3v) is 10.4. The predicted molar refractivity (Wildman–Crippen MR) is 156 cm³/mol. The molecule has 0 amide bonds. The minimum absolute atomic E-state index is 0.0426. The number of H-pyrrole nitrogens is 1. The highest BCUT2D eigenvalue weighted by Crippen LogP contribution is 2.54. The number of hydrogen-bond acceptors (Lipinski definition) is 15. The number of aromatic nitrogens is 7. The van der Waals surface area contributed by atoms with Gasteiger partial charge in [0, 0.05) is 12.6 Å². The number of imidazole rings is 2. The van der Waals surface area contributed by atoms with Gasteiger partial charge in [-0.3, -0.25) is 23.4 Å². The van der Waals surface area contributed by atoms with E-state index in [2.05, 4.69) is 24.9 Å². The van der Waals surface area contributed by atoms with Crippen LogP contribution in [0.1, 0.15) is 18.9 Å². The predicted octanol–water partition coefficient (Wildman–Crippen LogP) is 0.503. The SMILES string of the molecule is Nc1nc2c(ncn2[C@@H]2O[C@@H]3COP(O)(=S)O[C@H]4C[C@H](n5cnc6c(N)ccnc65)O[C@@H]4COP(O)(=S)O[C@@H]2[C@@H]3F)c(=O)[nH]1. The maximum atomic E-state index is 15.8. The maximum absolute atomic E-state index is 15.8. The summed E-state index contributed by atoms with van der Waals surface area (Å²) in [7, 11) is 0. The molecule has 0 saturated carbocycles. The molecule has 0 aliphatic carbocycles. The lowest BCUT2D eigenvalue weighted by Gasteiger charge is -2.27. The first-order valence-corrected chi connectivity index (χ1v) is 18.1. The topological polar surface area (TPSA) is 242 Å². The summed E-state index contributed by atoms with van der Waals surface area (Å²) in [6.07, 6.45) is -4.60. The van der Waals surface area contributed by atoms with Crippen molar-refractivity contribution in [2.75, 3.05) is 24.7 Å². The fraction of sp³-hybridized carbons (Fsp3) is 0.476. The summed E-state index contributed by atoms with van der Waals surface area (Å²) in [5.41, 5.74) is 12.2. The number of alkyl halides is 1. The second-order valence-corrected chi connectivity index (χ2v) is 15.7. The first-order valence-electron chi connectivity index (χ1n) is 12.9. The number of nitrogens with one attached hydrogen (secondary N) is 1. The van der Waals surface area contributed by atoms with E-state index >= 15 is 4.39 Å². The molecule has 3 aliphatic heterocycles. The summed E-state index contributed by atoms with van der Waals surface area (Å²) in [5, 5.41) is 0. The molecule has 7 heterocycles. The van der Waals surface area contributed by atoms with Crippen LogP contribution in [-0.4, -0.2) is 87.6 Å². The highest BCUT2D eigenvalue weighted by Gasteiger charge is 2.51. The molecule has 2 bridgehead atoms. The molecule has 7 rings (SSSR count). The maximum Gasteiger partial charge on any atom is 0.325 e. The Bertz CT molecular complexity index is 1910. The number of aromatic amines is 1. The van der Waals surface area contributed by atoms with Gasteiger partial charge < -0.3 is 44.3 Å². The van der Waals surface area contributed by atoms with E-state index in [1.807, 2.05) is 0 Å². The molecule has 7 N–H and O–H groups in total. The Hall–Kier alpha value is -2.52. The van der Waals surface area contributed by atoms with Gasteiger partial charge in [0.1, 0.15) is 30.1 Å². The van der Waals surface area contributed by atoms with Gasteiger partial charge in [0.05, 0.1) is 37.7 Å². The Morgan fingerprint density at radius 1 is 0.955 bits per heavy atom. The molecule has 44 heavy (non-hydrogen) atoms. The molecule has 2 unspecified atom stereocenters. The number of nitrogens with zero attached hydrogens (tertiary/aromatic N) is 6. The Balaban J connectivity index is 1.19. The molecule has 18 nitrogen and oxygen atoms in total. The van der Waals surface area contributed by atoms with E-state index in [-0.39, 0.29) is 23.5 Å². The molecule has 23 heteroatoms. The molecular weight excluding hydrogens is 667 g/mol. The third kappa shape index (κ3) is 5.46. The van der Waals surface area contributed by atoms with Crippen molar-refractivity contribution >= 4 is 71.0 Å². The van der Waals surface area contributed by atoms with E-state index in [0.717, 1.165) is 0 Å². The largest absolute Gasteiger partial charge is 0.397 e. The van der Waals surface area contributed by atoms with E-state index in [4.69, 9.17) is 62.6 Å². The third-order valence-electron chi connectivity index (χ3n) is 7.30. The average molecular weight is 692 g/mol. The van der Waals surface area contributed by atoms with Crippen molar-refractivity contribution in [1.82, 2.24) is 34.1 Å². The lowest BCUT2D eigenvalue weighted by atomic mass is 10.1. The molecule has 236 valence electrons. The van der Waals surface area contributed by atoms with Crippen molar-refractivity contribution in [1.29, 1.82) is 0 Å². The molecule has 0 spiro atoms. The number of nitrogen functional groups attached to an aromatic ring is 2. The van der Waals surface area contributed by atoms with Crippen molar-refractivity contribution in [2.24, 2.45) is 0 Å². The minimum Gasteiger partial charge on any atom is -0.397 e. The van der Waals surface area contributed by atoms with Gasteiger partial charge in [0.15, 0.2) is 29.2 Å². The van der Waals surface area contributed by atoms with Gasteiger partial charge in [-0.05, 0) is 29.7 Å². The minimum atomic E-state index is -4.20. The summed E-state index contributed by atoms with van der Waals surface area (Å²) in [6, 6.07) is 1.61. The van der Waals surface area contributed by atoms with E-state index in [9.17, 15) is 14.6 Å². The molecule has 0 radical (unpaired) electrons. The summed E-state index contributed by atoms with van der Waals surface area (Å²) in [4.78, 5) is 53.3. The molecule has 0 aromatic carbocycles. The number of nitrogens with two attached hydrogens (primary N) is 2. The number of hydrogen-bond donors (Lipinski definition) is 5. The first kappa shape index (κ1) is 30.2. The van der Waals surface area contributed by atoms with Crippen molar-refractivity contribution in [3.8, 4) is 0 Å². The van der Waals surface area contributed by atoms with Crippen LogP contribution in [0.15, 0.2) is 29.7 Å². The van der Waals surface area contributed by atoms with Gasteiger partial charge in [0.25, 0.3) is 5.56 Å². The summed E-state index contributed by atoms with van der Waals surface area (Å²) >= 11 is 10.5. The fourth-order valence-electron chi connectivity index (χ4n) is 5.31. The standard InChI is InChI=1S/C21H24FN9O9P2S2/c22-13-11-5-36-41(33,43)39-9-3-12(30-6-26-14-8(23)1-2-25-17(14)30)37-10(9)4-35-42(34,44)40-16(13)20(38-11)31-7-27-15-18(31)28-21(24)29-19(15)32/h1-2,6-7,9-13,16,20H,3-5H2,(H2,23,25)(H,33,43)(H,34,44)(H3,24,28,29,32)/t9-,10+,11+,12+,13+,16+,20+,41?,42?/m0/s1. The molecule has 3 saturated heterocycles. The number of rotatable bonds is 2. The Morgan fingerprint density at radius 2 is 1.66 bits per heavy atom. The number of ether oxygens (including phenoxy) is 2. The number of fused-ring (bicyclic) bond motifs is 5. The van der Waals surface area contributed by atoms with Crippen molar-refractivity contribution in [3.63, 3.8) is 0 Å². The van der Waals surface area contributed by atoms with Crippen LogP contribution in [0.25, 0.3) is 22.3 Å². The smallest absolute Gasteiger partial charge is 0.325 e. The summed E-state index contributed by atoms with van der Waals surface area (Å²) in [5.74, 6) is -0.223. The first-order chi connectivity index (χ1) is 20.9. The molecule has 9 atom stereocenters. The van der Waals surface area contributed by atoms with Gasteiger partial charge in [0.2, 0.25) is 5.95 Å². The van der Waals surface area contributed by atoms with E-state index in [1.54, 1.807) is 10.6 Å². The van der Waals surface area contributed by atoms with E-state index < -0.39 is 75.3 Å². The van der Waals surface area contributed by atoms with Crippen LogP contribution in [0.2, 0.25) is 0 Å². The Kier molecular flexibility index (Phi) is 7.59. The van der Waals surface area contributed by atoms with Gasteiger partial charge in [-0.1, -0.05) is 0 Å². The zero-order valence-corrected chi connectivity index (χ0v) is 25.6. The van der Waals surface area contributed by atoms with Crippen molar-refractivity contribution < 1.29 is 41.7 Å². The van der Waals surface area contributed by atoms with Crippen LogP contribution in [-0.2, 0) is 51.2 Å². The quantitative estimate of drug-likeness (QED) is 0.180. The molecule has 4 aromatic rings. The van der Waals surface area contributed by atoms with Crippen LogP contribution < -0.4 is 17.0 Å². The normalized spacial score (nSPS) is 36.6. The second kappa shape index (κ2) is 11.1. The Morgan fingerprint density at radius 3 is 2.45 bits per heavy atom. The monoisotopic (exact) mass is 691 g/mol. The number of halogens is 1. The summed E-state index contributed by atoms with van der Waals surface area (Å²) in [6.45, 7) is -9.19. The van der Waals surface area contributed by atoms with Crippen LogP contribution in [0.4, 0.5) is 16.0 Å². The highest BCUT2D eigenvalue weighted by atomic mass is 32.5. The van der Waals surface area contributed by atoms with Crippen molar-refractivity contribution in [3.05, 3.63) is 35.3 Å². The number of anilines is 2. The zero-order valence-electron chi connectivity index (χ0n) is 22.2. The Labute approximate surface area is 255 Å². The summed E-state index contributed by atoms with van der Waals surface area (Å²) < 4.78 is 53.3. The lowest BCUT2D eigenvalue weighted by molar-refractivity contribution is -0.0596. The molecule has 4 aromatic heterocycles. The van der Waals surface area contributed by atoms with Gasteiger partial charge in [-0.25, -0.2) is 19.3 Å².